The summed E-state index contributed by atoms with van der Waals surface area (Å²) in [6.07, 6.45) is -0.742. The lowest BCUT2D eigenvalue weighted by Crippen LogP contribution is -2.41. The van der Waals surface area contributed by atoms with Crippen molar-refractivity contribution in [3.63, 3.8) is 0 Å². The van der Waals surface area contributed by atoms with Crippen LogP contribution in [0, 0.1) is 5.92 Å². The highest BCUT2D eigenvalue weighted by molar-refractivity contribution is 6.30. The van der Waals surface area contributed by atoms with Gasteiger partial charge in [0.2, 0.25) is 5.91 Å². The highest BCUT2D eigenvalue weighted by Gasteiger charge is 2.16. The number of nitrogens with one attached hydrogen (secondary N) is 1. The first kappa shape index (κ1) is 18.2. The minimum absolute atomic E-state index is 0.0614. The van der Waals surface area contributed by atoms with E-state index in [-0.39, 0.29) is 12.3 Å². The maximum absolute atomic E-state index is 12.0. The normalized spacial score (nSPS) is 18.4. The molecule has 0 aromatic heterocycles. The molecule has 1 aromatic rings. The number of hydrogen-bond donors (Lipinski definition) is 2. The van der Waals surface area contributed by atoms with Crippen molar-refractivity contribution < 1.29 is 14.6 Å². The zero-order chi connectivity index (χ0) is 16.7. The number of amides is 1. The highest BCUT2D eigenvalue weighted by Crippen LogP contribution is 2.19. The van der Waals surface area contributed by atoms with E-state index in [4.69, 9.17) is 16.3 Å². The van der Waals surface area contributed by atoms with Gasteiger partial charge in [0.05, 0.1) is 25.7 Å². The molecular formula is C17H25ClN2O3. The summed E-state index contributed by atoms with van der Waals surface area (Å²) in [6, 6.07) is 6.90. The molecule has 1 aliphatic heterocycles. The first-order valence-electron chi connectivity index (χ1n) is 8.05. The summed E-state index contributed by atoms with van der Waals surface area (Å²) in [5, 5.41) is 13.6. The van der Waals surface area contributed by atoms with Crippen molar-refractivity contribution in [3.8, 4) is 0 Å². The van der Waals surface area contributed by atoms with Crippen LogP contribution in [0.3, 0.4) is 0 Å². The average molecular weight is 341 g/mol. The lowest BCUT2D eigenvalue weighted by atomic mass is 10.1. The molecule has 5 nitrogen and oxygen atoms in total. The molecule has 2 atom stereocenters. The second kappa shape index (κ2) is 9.23. The van der Waals surface area contributed by atoms with Gasteiger partial charge in [0.1, 0.15) is 0 Å². The summed E-state index contributed by atoms with van der Waals surface area (Å²) in [4.78, 5) is 14.3. The molecule has 1 heterocycles. The fourth-order valence-electron chi connectivity index (χ4n) is 2.63. The molecule has 0 radical (unpaired) electrons. The average Bonchev–Trinajstić information content (AvgIpc) is 2.54. The van der Waals surface area contributed by atoms with Crippen LogP contribution in [0.25, 0.3) is 0 Å². The Labute approximate surface area is 142 Å². The molecule has 2 N–H and O–H groups in total. The predicted octanol–water partition coefficient (Wildman–Crippen LogP) is 1.85. The van der Waals surface area contributed by atoms with Gasteiger partial charge in [-0.05, 0) is 23.6 Å². The molecule has 1 fully saturated rings. The standard InChI is InChI=1S/C17H25ClN2O3/c1-13(12-20-6-8-23-9-7-20)11-19-17(22)10-16(21)14-2-4-15(18)5-3-14/h2-5,13,16,21H,6-12H2,1H3,(H,19,22). The Morgan fingerprint density at radius 2 is 2.00 bits per heavy atom. The Balaban J connectivity index is 1.68. The van der Waals surface area contributed by atoms with Gasteiger partial charge in [-0.15, -0.1) is 0 Å². The van der Waals surface area contributed by atoms with Gasteiger partial charge < -0.3 is 15.2 Å². The van der Waals surface area contributed by atoms with Gasteiger partial charge >= 0.3 is 0 Å². The van der Waals surface area contributed by atoms with E-state index >= 15 is 0 Å². The van der Waals surface area contributed by atoms with Crippen LogP contribution >= 0.6 is 11.6 Å². The number of nitrogens with zero attached hydrogens (tertiary/aromatic N) is 1. The van der Waals surface area contributed by atoms with Crippen molar-refractivity contribution >= 4 is 17.5 Å². The number of rotatable bonds is 7. The van der Waals surface area contributed by atoms with Crippen molar-refractivity contribution in [1.29, 1.82) is 0 Å². The van der Waals surface area contributed by atoms with E-state index in [1.807, 2.05) is 0 Å². The topological polar surface area (TPSA) is 61.8 Å². The molecule has 0 spiro atoms. The molecule has 1 amide bonds. The van der Waals surface area contributed by atoms with Crippen LogP contribution in [0.2, 0.25) is 5.02 Å². The summed E-state index contributed by atoms with van der Waals surface area (Å²) in [5.74, 6) is 0.228. The lowest BCUT2D eigenvalue weighted by molar-refractivity contribution is -0.123. The smallest absolute Gasteiger partial charge is 0.222 e. The van der Waals surface area contributed by atoms with Crippen LogP contribution in [0.15, 0.2) is 24.3 Å². The van der Waals surface area contributed by atoms with Crippen molar-refractivity contribution in [2.45, 2.75) is 19.4 Å². The third-order valence-electron chi connectivity index (χ3n) is 3.95. The zero-order valence-electron chi connectivity index (χ0n) is 13.5. The molecule has 0 aliphatic carbocycles. The van der Waals surface area contributed by atoms with E-state index < -0.39 is 6.10 Å². The molecule has 1 aliphatic rings. The summed E-state index contributed by atoms with van der Waals surface area (Å²) in [5.41, 5.74) is 0.700. The third kappa shape index (κ3) is 6.47. The van der Waals surface area contributed by atoms with Gasteiger partial charge in [-0.1, -0.05) is 30.7 Å². The minimum atomic E-state index is -0.804. The first-order valence-corrected chi connectivity index (χ1v) is 8.42. The van der Waals surface area contributed by atoms with Crippen LogP contribution in [-0.2, 0) is 9.53 Å². The number of hydrogen-bond acceptors (Lipinski definition) is 4. The van der Waals surface area contributed by atoms with E-state index in [0.717, 1.165) is 32.8 Å². The Kier molecular flexibility index (Phi) is 7.30. The van der Waals surface area contributed by atoms with Crippen LogP contribution < -0.4 is 5.32 Å². The largest absolute Gasteiger partial charge is 0.388 e. The number of halogens is 1. The first-order chi connectivity index (χ1) is 11.0. The number of carbonyl (C=O) groups is 1. The number of morpholine rings is 1. The summed E-state index contributed by atoms with van der Waals surface area (Å²) in [6.45, 7) is 7.15. The molecule has 2 unspecified atom stereocenters. The van der Waals surface area contributed by atoms with Crippen LogP contribution in [0.5, 0.6) is 0 Å². The van der Waals surface area contributed by atoms with E-state index in [1.54, 1.807) is 24.3 Å². The summed E-state index contributed by atoms with van der Waals surface area (Å²) >= 11 is 5.81. The molecule has 1 aromatic carbocycles. The fourth-order valence-corrected chi connectivity index (χ4v) is 2.75. The predicted molar refractivity (Wildman–Crippen MR) is 90.5 cm³/mol. The number of aliphatic hydroxyl groups is 1. The van der Waals surface area contributed by atoms with Crippen LogP contribution in [0.4, 0.5) is 0 Å². The van der Waals surface area contributed by atoms with Gasteiger partial charge in [0.25, 0.3) is 0 Å². The quantitative estimate of drug-likeness (QED) is 0.795. The van der Waals surface area contributed by atoms with Crippen LogP contribution in [-0.4, -0.2) is 55.3 Å². The molecule has 6 heteroatoms. The maximum atomic E-state index is 12.0. The number of carbonyl (C=O) groups excluding carboxylic acids is 1. The Bertz CT molecular complexity index is 489. The van der Waals surface area contributed by atoms with Crippen molar-refractivity contribution in [2.75, 3.05) is 39.4 Å². The zero-order valence-corrected chi connectivity index (χ0v) is 14.3. The molecule has 2 rings (SSSR count). The van der Waals surface area contributed by atoms with Crippen LogP contribution in [0.1, 0.15) is 25.0 Å². The van der Waals surface area contributed by atoms with Crippen molar-refractivity contribution in [2.24, 2.45) is 5.92 Å². The van der Waals surface area contributed by atoms with Gasteiger partial charge in [0, 0.05) is 31.2 Å². The number of ether oxygens (including phenoxy) is 1. The fraction of sp³-hybridized carbons (Fsp3) is 0.588. The lowest BCUT2D eigenvalue weighted by Gasteiger charge is -2.29. The number of benzene rings is 1. The molecular weight excluding hydrogens is 316 g/mol. The van der Waals surface area contributed by atoms with E-state index in [0.29, 0.717) is 23.0 Å². The molecule has 0 bridgehead atoms. The third-order valence-corrected chi connectivity index (χ3v) is 4.21. The van der Waals surface area contributed by atoms with E-state index in [9.17, 15) is 9.90 Å². The van der Waals surface area contributed by atoms with Crippen molar-refractivity contribution in [3.05, 3.63) is 34.9 Å². The molecule has 23 heavy (non-hydrogen) atoms. The van der Waals surface area contributed by atoms with Crippen molar-refractivity contribution in [1.82, 2.24) is 10.2 Å². The highest BCUT2D eigenvalue weighted by atomic mass is 35.5. The number of aliphatic hydroxyl groups excluding tert-OH is 1. The SMILES string of the molecule is CC(CNC(=O)CC(O)c1ccc(Cl)cc1)CN1CCOCC1. The minimum Gasteiger partial charge on any atom is -0.388 e. The molecule has 128 valence electrons. The second-order valence-corrected chi connectivity index (χ2v) is 6.53. The Morgan fingerprint density at radius 1 is 1.35 bits per heavy atom. The van der Waals surface area contributed by atoms with E-state index in [1.165, 1.54) is 0 Å². The van der Waals surface area contributed by atoms with Gasteiger partial charge in [-0.3, -0.25) is 9.69 Å². The van der Waals surface area contributed by atoms with E-state index in [2.05, 4.69) is 17.1 Å². The van der Waals surface area contributed by atoms with Gasteiger partial charge in [0.15, 0.2) is 0 Å². The summed E-state index contributed by atoms with van der Waals surface area (Å²) < 4.78 is 5.33. The maximum Gasteiger partial charge on any atom is 0.222 e. The Hall–Kier alpha value is -1.14. The van der Waals surface area contributed by atoms with Gasteiger partial charge in [-0.2, -0.15) is 0 Å². The van der Waals surface area contributed by atoms with Gasteiger partial charge in [-0.25, -0.2) is 0 Å². The monoisotopic (exact) mass is 340 g/mol. The molecule has 1 saturated heterocycles. The second-order valence-electron chi connectivity index (χ2n) is 6.09. The summed E-state index contributed by atoms with van der Waals surface area (Å²) in [7, 11) is 0. The molecule has 0 saturated carbocycles. The Morgan fingerprint density at radius 3 is 2.65 bits per heavy atom.